The van der Waals surface area contributed by atoms with E-state index in [1.807, 2.05) is 0 Å². The molecule has 0 amide bonds. The van der Waals surface area contributed by atoms with Gasteiger partial charge in [-0.1, -0.05) is 29.8 Å². The van der Waals surface area contributed by atoms with Crippen LogP contribution in [0.1, 0.15) is 11.1 Å². The maximum Gasteiger partial charge on any atom is 0.167 e. The Morgan fingerprint density at radius 1 is 1.29 bits per heavy atom. The second kappa shape index (κ2) is 5.15. The summed E-state index contributed by atoms with van der Waals surface area (Å²) in [4.78, 5) is 3.92. The average molecular weight is 252 g/mol. The highest BCUT2D eigenvalue weighted by Gasteiger charge is 2.07. The molecule has 0 aliphatic rings. The van der Waals surface area contributed by atoms with Crippen molar-refractivity contribution in [3.63, 3.8) is 0 Å². The summed E-state index contributed by atoms with van der Waals surface area (Å²) >= 11 is 5.88. The SMILES string of the molecule is Cc1cccc(OCc2cccnc2Cl)c1F. The van der Waals surface area contributed by atoms with Crippen molar-refractivity contribution in [2.24, 2.45) is 0 Å². The predicted molar refractivity (Wildman–Crippen MR) is 64.7 cm³/mol. The maximum absolute atomic E-state index is 13.6. The van der Waals surface area contributed by atoms with Crippen molar-refractivity contribution < 1.29 is 9.13 Å². The topological polar surface area (TPSA) is 22.1 Å². The Balaban J connectivity index is 2.13. The van der Waals surface area contributed by atoms with Gasteiger partial charge in [-0.05, 0) is 24.6 Å². The van der Waals surface area contributed by atoms with Crippen molar-refractivity contribution in [1.82, 2.24) is 4.98 Å². The van der Waals surface area contributed by atoms with Crippen molar-refractivity contribution in [2.75, 3.05) is 0 Å². The van der Waals surface area contributed by atoms with Crippen molar-refractivity contribution in [1.29, 1.82) is 0 Å². The van der Waals surface area contributed by atoms with Gasteiger partial charge in [0, 0.05) is 11.8 Å². The molecule has 0 aliphatic heterocycles. The number of aromatic nitrogens is 1. The summed E-state index contributed by atoms with van der Waals surface area (Å²) in [5.41, 5.74) is 1.29. The number of halogens is 2. The van der Waals surface area contributed by atoms with Gasteiger partial charge in [0.25, 0.3) is 0 Å². The van der Waals surface area contributed by atoms with Crippen LogP contribution in [0.3, 0.4) is 0 Å². The van der Waals surface area contributed by atoms with Gasteiger partial charge in [-0.25, -0.2) is 9.37 Å². The van der Waals surface area contributed by atoms with Crippen LogP contribution in [0.5, 0.6) is 5.75 Å². The van der Waals surface area contributed by atoms with E-state index >= 15 is 0 Å². The highest BCUT2D eigenvalue weighted by molar-refractivity contribution is 6.30. The van der Waals surface area contributed by atoms with Crippen LogP contribution < -0.4 is 4.74 Å². The van der Waals surface area contributed by atoms with Crippen molar-refractivity contribution in [3.05, 3.63) is 58.6 Å². The molecule has 1 aromatic heterocycles. The number of hydrogen-bond donors (Lipinski definition) is 0. The predicted octanol–water partition coefficient (Wildman–Crippen LogP) is 3.76. The van der Waals surface area contributed by atoms with Gasteiger partial charge in [0.1, 0.15) is 11.8 Å². The zero-order valence-electron chi connectivity index (χ0n) is 9.28. The Hall–Kier alpha value is -1.61. The Bertz CT molecular complexity index is 531. The minimum atomic E-state index is -0.340. The quantitative estimate of drug-likeness (QED) is 0.775. The molecule has 0 N–H and O–H groups in total. The first-order valence-corrected chi connectivity index (χ1v) is 5.53. The first-order chi connectivity index (χ1) is 8.18. The lowest BCUT2D eigenvalue weighted by atomic mass is 10.2. The van der Waals surface area contributed by atoms with Crippen LogP contribution in [0.2, 0.25) is 5.15 Å². The normalized spacial score (nSPS) is 10.3. The lowest BCUT2D eigenvalue weighted by molar-refractivity contribution is 0.289. The first kappa shape index (κ1) is 11.9. The summed E-state index contributed by atoms with van der Waals surface area (Å²) in [7, 11) is 0. The highest BCUT2D eigenvalue weighted by Crippen LogP contribution is 2.22. The van der Waals surface area contributed by atoms with E-state index in [1.165, 1.54) is 0 Å². The van der Waals surface area contributed by atoms with Gasteiger partial charge in [-0.2, -0.15) is 0 Å². The second-order valence-electron chi connectivity index (χ2n) is 3.63. The number of ether oxygens (including phenoxy) is 1. The van der Waals surface area contributed by atoms with Crippen molar-refractivity contribution in [3.8, 4) is 5.75 Å². The van der Waals surface area contributed by atoms with E-state index in [9.17, 15) is 4.39 Å². The Kier molecular flexibility index (Phi) is 3.59. The average Bonchev–Trinajstić information content (AvgIpc) is 2.33. The molecular formula is C13H11ClFNO. The van der Waals surface area contributed by atoms with E-state index in [-0.39, 0.29) is 18.2 Å². The number of pyridine rings is 1. The second-order valence-corrected chi connectivity index (χ2v) is 3.99. The smallest absolute Gasteiger partial charge is 0.167 e. The molecule has 0 unspecified atom stereocenters. The molecule has 2 rings (SSSR count). The third kappa shape index (κ3) is 2.74. The molecule has 88 valence electrons. The molecule has 1 heterocycles. The number of hydrogen-bond acceptors (Lipinski definition) is 2. The molecule has 0 atom stereocenters. The van der Waals surface area contributed by atoms with Crippen LogP contribution >= 0.6 is 11.6 Å². The molecule has 1 aromatic carbocycles. The van der Waals surface area contributed by atoms with Crippen LogP contribution in [-0.2, 0) is 6.61 Å². The zero-order valence-corrected chi connectivity index (χ0v) is 10.0. The fraction of sp³-hybridized carbons (Fsp3) is 0.154. The van der Waals surface area contributed by atoms with Crippen LogP contribution in [0.4, 0.5) is 4.39 Å². The third-order valence-corrected chi connectivity index (χ3v) is 2.72. The maximum atomic E-state index is 13.6. The van der Waals surface area contributed by atoms with E-state index < -0.39 is 0 Å². The number of nitrogens with zero attached hydrogens (tertiary/aromatic N) is 1. The van der Waals surface area contributed by atoms with E-state index in [0.29, 0.717) is 10.7 Å². The van der Waals surface area contributed by atoms with Gasteiger partial charge in [-0.15, -0.1) is 0 Å². The lowest BCUT2D eigenvalue weighted by Gasteiger charge is -2.09. The number of aryl methyl sites for hydroxylation is 1. The van der Waals surface area contributed by atoms with E-state index in [1.54, 1.807) is 43.5 Å². The summed E-state index contributed by atoms with van der Waals surface area (Å²) in [6, 6.07) is 8.59. The Morgan fingerprint density at radius 3 is 2.88 bits per heavy atom. The summed E-state index contributed by atoms with van der Waals surface area (Å²) < 4.78 is 19.0. The monoisotopic (exact) mass is 251 g/mol. The molecule has 4 heteroatoms. The number of benzene rings is 1. The molecule has 2 nitrogen and oxygen atoms in total. The Morgan fingerprint density at radius 2 is 2.12 bits per heavy atom. The molecule has 0 saturated carbocycles. The van der Waals surface area contributed by atoms with Gasteiger partial charge in [0.05, 0.1) is 0 Å². The largest absolute Gasteiger partial charge is 0.486 e. The third-order valence-electron chi connectivity index (χ3n) is 2.38. The molecule has 0 saturated heterocycles. The molecule has 0 aliphatic carbocycles. The molecular weight excluding hydrogens is 241 g/mol. The van der Waals surface area contributed by atoms with E-state index in [0.717, 1.165) is 5.56 Å². The van der Waals surface area contributed by atoms with Crippen LogP contribution in [-0.4, -0.2) is 4.98 Å². The zero-order chi connectivity index (χ0) is 12.3. The molecule has 0 radical (unpaired) electrons. The number of rotatable bonds is 3. The minimum Gasteiger partial charge on any atom is -0.486 e. The molecule has 0 spiro atoms. The van der Waals surface area contributed by atoms with Crippen molar-refractivity contribution >= 4 is 11.6 Å². The van der Waals surface area contributed by atoms with Gasteiger partial charge in [0.2, 0.25) is 0 Å². The minimum absolute atomic E-state index is 0.201. The summed E-state index contributed by atoms with van der Waals surface area (Å²) in [6.07, 6.45) is 1.60. The first-order valence-electron chi connectivity index (χ1n) is 5.16. The van der Waals surface area contributed by atoms with Crippen LogP contribution in [0, 0.1) is 12.7 Å². The van der Waals surface area contributed by atoms with Crippen LogP contribution in [0.25, 0.3) is 0 Å². The summed E-state index contributed by atoms with van der Waals surface area (Å²) in [6.45, 7) is 1.90. The summed E-state index contributed by atoms with van der Waals surface area (Å²) in [5.74, 6) is -0.113. The molecule has 2 aromatic rings. The summed E-state index contributed by atoms with van der Waals surface area (Å²) in [5, 5.41) is 0.376. The fourth-order valence-electron chi connectivity index (χ4n) is 1.41. The van der Waals surface area contributed by atoms with E-state index in [2.05, 4.69) is 4.98 Å². The molecule has 17 heavy (non-hydrogen) atoms. The Labute approximate surface area is 104 Å². The van der Waals surface area contributed by atoms with E-state index in [4.69, 9.17) is 16.3 Å². The standard InChI is InChI=1S/C13H11ClFNO/c1-9-4-2-6-11(12(9)15)17-8-10-5-3-7-16-13(10)14/h2-7H,8H2,1H3. The van der Waals surface area contributed by atoms with Gasteiger partial charge in [0.15, 0.2) is 11.6 Å². The van der Waals surface area contributed by atoms with Gasteiger partial charge >= 0.3 is 0 Å². The fourth-order valence-corrected chi connectivity index (χ4v) is 1.59. The van der Waals surface area contributed by atoms with Gasteiger partial charge in [-0.3, -0.25) is 0 Å². The highest BCUT2D eigenvalue weighted by atomic mass is 35.5. The van der Waals surface area contributed by atoms with Gasteiger partial charge < -0.3 is 4.74 Å². The lowest BCUT2D eigenvalue weighted by Crippen LogP contribution is -1.99. The molecule has 0 bridgehead atoms. The van der Waals surface area contributed by atoms with Crippen LogP contribution in [0.15, 0.2) is 36.5 Å². The van der Waals surface area contributed by atoms with Crippen molar-refractivity contribution in [2.45, 2.75) is 13.5 Å². The molecule has 0 fully saturated rings.